The number of aliphatic hydroxyl groups is 1. The van der Waals surface area contributed by atoms with Crippen molar-refractivity contribution in [1.82, 2.24) is 20.4 Å². The van der Waals surface area contributed by atoms with Crippen LogP contribution >= 0.6 is 0 Å². The monoisotopic (exact) mass is 310 g/mol. The second-order valence-corrected chi connectivity index (χ2v) is 4.80. The lowest BCUT2D eigenvalue weighted by atomic mass is 10.1. The van der Waals surface area contributed by atoms with Crippen molar-refractivity contribution in [2.45, 2.75) is 6.10 Å². The van der Waals surface area contributed by atoms with Gasteiger partial charge in [-0.05, 0) is 17.7 Å². The topological polar surface area (TPSA) is 101 Å². The van der Waals surface area contributed by atoms with Gasteiger partial charge in [-0.25, -0.2) is 0 Å². The molecule has 7 nitrogen and oxygen atoms in total. The molecule has 23 heavy (non-hydrogen) atoms. The second-order valence-electron chi connectivity index (χ2n) is 4.80. The minimum absolute atomic E-state index is 0.0514. The summed E-state index contributed by atoms with van der Waals surface area (Å²) in [7, 11) is 0. The highest BCUT2D eigenvalue weighted by Crippen LogP contribution is 2.14. The van der Waals surface area contributed by atoms with Crippen molar-refractivity contribution >= 4 is 5.91 Å². The van der Waals surface area contributed by atoms with E-state index in [2.05, 4.69) is 20.4 Å². The van der Waals surface area contributed by atoms with Gasteiger partial charge in [0.05, 0.1) is 6.10 Å². The van der Waals surface area contributed by atoms with Gasteiger partial charge >= 0.3 is 11.8 Å². The van der Waals surface area contributed by atoms with Gasteiger partial charge < -0.3 is 14.9 Å². The molecule has 0 aliphatic rings. The number of hydrogen-bond acceptors (Lipinski definition) is 6. The predicted molar refractivity (Wildman–Crippen MR) is 81.3 cm³/mol. The molecule has 0 aliphatic heterocycles. The van der Waals surface area contributed by atoms with Gasteiger partial charge in [0.1, 0.15) is 0 Å². The van der Waals surface area contributed by atoms with Gasteiger partial charge in [0.2, 0.25) is 5.82 Å². The van der Waals surface area contributed by atoms with E-state index in [-0.39, 0.29) is 12.4 Å². The normalized spacial score (nSPS) is 11.9. The van der Waals surface area contributed by atoms with Crippen LogP contribution in [0.3, 0.4) is 0 Å². The number of aliphatic hydroxyl groups excluding tert-OH is 1. The van der Waals surface area contributed by atoms with Crippen LogP contribution in [0, 0.1) is 0 Å². The number of pyridine rings is 1. The van der Waals surface area contributed by atoms with Crippen LogP contribution in [0.5, 0.6) is 0 Å². The lowest BCUT2D eigenvalue weighted by Crippen LogP contribution is -2.28. The summed E-state index contributed by atoms with van der Waals surface area (Å²) in [4.78, 5) is 19.9. The van der Waals surface area contributed by atoms with Crippen molar-refractivity contribution in [3.8, 4) is 11.4 Å². The smallest absolute Gasteiger partial charge is 0.316 e. The van der Waals surface area contributed by atoms with Gasteiger partial charge in [-0.15, -0.1) is 0 Å². The number of nitrogens with one attached hydrogen (secondary N) is 1. The maximum atomic E-state index is 12.0. The Morgan fingerprint density at radius 2 is 1.91 bits per heavy atom. The molecule has 0 saturated heterocycles. The van der Waals surface area contributed by atoms with Gasteiger partial charge in [-0.3, -0.25) is 9.78 Å². The zero-order valence-electron chi connectivity index (χ0n) is 12.1. The van der Waals surface area contributed by atoms with E-state index in [1.54, 1.807) is 36.7 Å². The number of carbonyl (C=O) groups excluding carboxylic acids is 1. The fraction of sp³-hybridized carbons (Fsp3) is 0.125. The molecule has 3 aromatic rings. The number of carbonyl (C=O) groups is 1. The number of rotatable bonds is 5. The largest absolute Gasteiger partial charge is 0.387 e. The van der Waals surface area contributed by atoms with Crippen molar-refractivity contribution in [2.24, 2.45) is 0 Å². The zero-order chi connectivity index (χ0) is 16.1. The Bertz CT molecular complexity index is 774. The maximum Gasteiger partial charge on any atom is 0.316 e. The zero-order valence-corrected chi connectivity index (χ0v) is 12.1. The molecule has 0 bridgehead atoms. The number of aromatic nitrogens is 3. The molecule has 0 aliphatic carbocycles. The molecule has 7 heteroatoms. The van der Waals surface area contributed by atoms with Gasteiger partial charge in [-0.1, -0.05) is 35.5 Å². The van der Waals surface area contributed by atoms with E-state index < -0.39 is 12.0 Å². The highest BCUT2D eigenvalue weighted by atomic mass is 16.5. The van der Waals surface area contributed by atoms with Crippen molar-refractivity contribution in [2.75, 3.05) is 6.54 Å². The van der Waals surface area contributed by atoms with Crippen LogP contribution < -0.4 is 5.32 Å². The molecule has 2 N–H and O–H groups in total. The molecule has 0 radical (unpaired) electrons. The summed E-state index contributed by atoms with van der Waals surface area (Å²) in [6.07, 6.45) is 2.39. The van der Waals surface area contributed by atoms with Crippen molar-refractivity contribution < 1.29 is 14.4 Å². The fourth-order valence-electron chi connectivity index (χ4n) is 1.99. The number of amides is 1. The second kappa shape index (κ2) is 6.80. The molecule has 2 heterocycles. The number of hydrogen-bond donors (Lipinski definition) is 2. The number of nitrogens with zero attached hydrogens (tertiary/aromatic N) is 3. The van der Waals surface area contributed by atoms with Crippen LogP contribution in [0.15, 0.2) is 59.4 Å². The molecule has 1 atom stereocenters. The number of benzene rings is 1. The van der Waals surface area contributed by atoms with Gasteiger partial charge in [-0.2, -0.15) is 4.98 Å². The van der Waals surface area contributed by atoms with Crippen LogP contribution in [-0.2, 0) is 0 Å². The van der Waals surface area contributed by atoms with Crippen LogP contribution in [0.2, 0.25) is 0 Å². The summed E-state index contributed by atoms with van der Waals surface area (Å²) in [6, 6.07) is 12.5. The SMILES string of the molecule is O=C(NC[C@@H](O)c1ccccc1)c1nc(-c2ccncc2)no1. The first-order valence-electron chi connectivity index (χ1n) is 6.99. The first-order chi connectivity index (χ1) is 11.2. The van der Waals surface area contributed by atoms with Crippen LogP contribution in [0.1, 0.15) is 22.4 Å². The lowest BCUT2D eigenvalue weighted by molar-refractivity contribution is 0.0873. The average Bonchev–Trinajstić information content (AvgIpc) is 3.11. The molecule has 0 fully saturated rings. The minimum atomic E-state index is -0.803. The first kappa shape index (κ1) is 14.9. The summed E-state index contributed by atoms with van der Waals surface area (Å²) in [6.45, 7) is 0.0514. The van der Waals surface area contributed by atoms with Crippen LogP contribution in [0.4, 0.5) is 0 Å². The van der Waals surface area contributed by atoms with Crippen LogP contribution in [-0.4, -0.2) is 32.7 Å². The van der Waals surface area contributed by atoms with E-state index in [1.165, 1.54) is 0 Å². The average molecular weight is 310 g/mol. The Morgan fingerprint density at radius 3 is 2.65 bits per heavy atom. The van der Waals surface area contributed by atoms with Gasteiger partial charge in [0.15, 0.2) is 0 Å². The molecule has 0 unspecified atom stereocenters. The summed E-state index contributed by atoms with van der Waals surface area (Å²) in [5.74, 6) is -0.383. The summed E-state index contributed by atoms with van der Waals surface area (Å²) in [5.41, 5.74) is 1.42. The Labute approximate surface area is 132 Å². The quantitative estimate of drug-likeness (QED) is 0.742. The first-order valence-corrected chi connectivity index (χ1v) is 6.99. The van der Waals surface area contributed by atoms with E-state index >= 15 is 0 Å². The molecule has 116 valence electrons. The Kier molecular flexibility index (Phi) is 4.39. The third-order valence-electron chi connectivity index (χ3n) is 3.20. The van der Waals surface area contributed by atoms with Gasteiger partial charge in [0, 0.05) is 24.5 Å². The minimum Gasteiger partial charge on any atom is -0.387 e. The molecule has 0 saturated carbocycles. The van der Waals surface area contributed by atoms with Gasteiger partial charge in [0.25, 0.3) is 0 Å². The third-order valence-corrected chi connectivity index (χ3v) is 3.20. The highest BCUT2D eigenvalue weighted by Gasteiger charge is 2.17. The van der Waals surface area contributed by atoms with Crippen LogP contribution in [0.25, 0.3) is 11.4 Å². The Morgan fingerprint density at radius 1 is 1.17 bits per heavy atom. The van der Waals surface area contributed by atoms with E-state index in [0.29, 0.717) is 11.4 Å². The maximum absolute atomic E-state index is 12.0. The Balaban J connectivity index is 1.62. The van der Waals surface area contributed by atoms with Crippen molar-refractivity contribution in [1.29, 1.82) is 0 Å². The van der Waals surface area contributed by atoms with Crippen molar-refractivity contribution in [3.63, 3.8) is 0 Å². The summed E-state index contributed by atoms with van der Waals surface area (Å²) in [5, 5.41) is 16.3. The lowest BCUT2D eigenvalue weighted by Gasteiger charge is -2.10. The van der Waals surface area contributed by atoms with E-state index in [0.717, 1.165) is 5.56 Å². The standard InChI is InChI=1S/C16H14N4O3/c21-13(11-4-2-1-3-5-11)10-18-15(22)16-19-14(20-23-16)12-6-8-17-9-7-12/h1-9,13,21H,10H2,(H,18,22)/t13-/m1/s1. The molecule has 0 spiro atoms. The highest BCUT2D eigenvalue weighted by molar-refractivity contribution is 5.89. The van der Waals surface area contributed by atoms with E-state index in [9.17, 15) is 9.90 Å². The van der Waals surface area contributed by atoms with E-state index in [4.69, 9.17) is 4.52 Å². The molecule has 2 aromatic heterocycles. The molecule has 1 aromatic carbocycles. The molecule has 3 rings (SSSR count). The molecular weight excluding hydrogens is 296 g/mol. The fourth-order valence-corrected chi connectivity index (χ4v) is 1.99. The van der Waals surface area contributed by atoms with E-state index in [1.807, 2.05) is 18.2 Å². The molecule has 1 amide bonds. The third kappa shape index (κ3) is 3.58. The van der Waals surface area contributed by atoms with Crippen molar-refractivity contribution in [3.05, 3.63) is 66.3 Å². The predicted octanol–water partition coefficient (Wildman–Crippen LogP) is 1.59. The summed E-state index contributed by atoms with van der Waals surface area (Å²) < 4.78 is 4.94. The summed E-state index contributed by atoms with van der Waals surface area (Å²) >= 11 is 0. The Hall–Kier alpha value is -3.06. The molecular formula is C16H14N4O3.